The topological polar surface area (TPSA) is 77.3 Å². The SMILES string of the molecule is CC1([N+](=O)[O-])C=CC=C(S(=O)(=O)Cl)C=C1. The van der Waals surface area contributed by atoms with E-state index in [1.807, 2.05) is 0 Å². The Kier molecular flexibility index (Phi) is 3.01. The van der Waals surface area contributed by atoms with Gasteiger partial charge in [-0.2, -0.15) is 0 Å². The van der Waals surface area contributed by atoms with E-state index in [2.05, 4.69) is 0 Å². The molecule has 7 heteroatoms. The van der Waals surface area contributed by atoms with Gasteiger partial charge in [-0.3, -0.25) is 10.1 Å². The van der Waals surface area contributed by atoms with Crippen molar-refractivity contribution in [3.05, 3.63) is 45.4 Å². The third kappa shape index (κ3) is 2.66. The molecule has 1 rings (SSSR count). The Bertz CT molecular complexity index is 477. The summed E-state index contributed by atoms with van der Waals surface area (Å²) in [7, 11) is 1.25. The van der Waals surface area contributed by atoms with Crippen LogP contribution in [0.4, 0.5) is 0 Å². The molecular weight excluding hydrogens is 242 g/mol. The van der Waals surface area contributed by atoms with Crippen molar-refractivity contribution in [2.45, 2.75) is 12.5 Å². The summed E-state index contributed by atoms with van der Waals surface area (Å²) >= 11 is 0. The van der Waals surface area contributed by atoms with Crippen molar-refractivity contribution in [2.24, 2.45) is 0 Å². The lowest BCUT2D eigenvalue weighted by atomic mass is 10.0. The maximum atomic E-state index is 11.0. The smallest absolute Gasteiger partial charge is 0.261 e. The lowest BCUT2D eigenvalue weighted by Gasteiger charge is -2.10. The average Bonchev–Trinajstić information content (AvgIpc) is 2.26. The minimum Gasteiger partial charge on any atom is -0.263 e. The first-order chi connectivity index (χ1) is 6.76. The molecule has 0 aromatic heterocycles. The summed E-state index contributed by atoms with van der Waals surface area (Å²) in [6.45, 7) is 1.36. The maximum absolute atomic E-state index is 11.0. The second-order valence-electron chi connectivity index (χ2n) is 3.18. The molecule has 0 aromatic rings. The highest BCUT2D eigenvalue weighted by molar-refractivity contribution is 8.17. The third-order valence-corrected chi connectivity index (χ3v) is 3.32. The number of hydrogen-bond donors (Lipinski definition) is 0. The lowest BCUT2D eigenvalue weighted by Crippen LogP contribution is -2.29. The molecule has 0 radical (unpaired) electrons. The molecule has 0 saturated heterocycles. The van der Waals surface area contributed by atoms with Crippen LogP contribution in [0.5, 0.6) is 0 Å². The highest BCUT2D eigenvalue weighted by Gasteiger charge is 2.31. The molecule has 1 atom stereocenters. The Hall–Kier alpha value is -1.14. The molecule has 5 nitrogen and oxygen atoms in total. The Balaban J connectivity index is 3.16. The van der Waals surface area contributed by atoms with Crippen molar-refractivity contribution in [3.8, 4) is 0 Å². The molecule has 15 heavy (non-hydrogen) atoms. The van der Waals surface area contributed by atoms with Gasteiger partial charge >= 0.3 is 0 Å². The number of allylic oxidation sites excluding steroid dienone is 3. The monoisotopic (exact) mass is 249 g/mol. The first-order valence-electron chi connectivity index (χ1n) is 3.94. The van der Waals surface area contributed by atoms with Gasteiger partial charge in [0.15, 0.2) is 0 Å². The quantitative estimate of drug-likeness (QED) is 0.423. The Labute approximate surface area is 91.3 Å². The van der Waals surface area contributed by atoms with Crippen LogP contribution < -0.4 is 0 Å². The van der Waals surface area contributed by atoms with Crippen LogP contribution in [-0.2, 0) is 9.05 Å². The van der Waals surface area contributed by atoms with E-state index in [0.717, 1.165) is 6.08 Å². The van der Waals surface area contributed by atoms with Crippen molar-refractivity contribution in [1.82, 2.24) is 0 Å². The van der Waals surface area contributed by atoms with Crippen LogP contribution in [0.15, 0.2) is 35.3 Å². The molecule has 0 fully saturated rings. The molecule has 0 heterocycles. The summed E-state index contributed by atoms with van der Waals surface area (Å²) in [5.41, 5.74) is -1.40. The predicted octanol–water partition coefficient (Wildman–Crippen LogP) is 1.60. The second-order valence-corrected chi connectivity index (χ2v) is 5.75. The molecule has 1 unspecified atom stereocenters. The number of nitrogens with zero attached hydrogens (tertiary/aromatic N) is 1. The van der Waals surface area contributed by atoms with Gasteiger partial charge in [0.05, 0.1) is 4.91 Å². The lowest BCUT2D eigenvalue weighted by molar-refractivity contribution is -0.535. The summed E-state index contributed by atoms with van der Waals surface area (Å²) in [5, 5.41) is 10.7. The van der Waals surface area contributed by atoms with Crippen LogP contribution in [0.25, 0.3) is 0 Å². The van der Waals surface area contributed by atoms with Crippen molar-refractivity contribution in [1.29, 1.82) is 0 Å². The van der Waals surface area contributed by atoms with Crippen molar-refractivity contribution in [3.63, 3.8) is 0 Å². The van der Waals surface area contributed by atoms with E-state index in [1.54, 1.807) is 0 Å². The zero-order valence-electron chi connectivity index (χ0n) is 7.75. The minimum absolute atomic E-state index is 0.161. The maximum Gasteiger partial charge on any atom is 0.261 e. The van der Waals surface area contributed by atoms with Crippen LogP contribution in [0.1, 0.15) is 6.92 Å². The third-order valence-electron chi connectivity index (χ3n) is 1.95. The molecule has 0 saturated carbocycles. The van der Waals surface area contributed by atoms with E-state index in [-0.39, 0.29) is 4.91 Å². The van der Waals surface area contributed by atoms with Crippen molar-refractivity contribution in [2.75, 3.05) is 0 Å². The van der Waals surface area contributed by atoms with Gasteiger partial charge in [0.2, 0.25) is 0 Å². The van der Waals surface area contributed by atoms with Gasteiger partial charge in [0.25, 0.3) is 14.6 Å². The first-order valence-corrected chi connectivity index (χ1v) is 6.24. The number of halogens is 1. The van der Waals surface area contributed by atoms with Gasteiger partial charge in [-0.05, 0) is 24.3 Å². The summed E-state index contributed by atoms with van der Waals surface area (Å²) in [6, 6.07) is 0. The molecule has 0 bridgehead atoms. The summed E-state index contributed by atoms with van der Waals surface area (Å²) in [5.74, 6) is 0. The fraction of sp³-hybridized carbons (Fsp3) is 0.250. The fourth-order valence-corrected chi connectivity index (χ4v) is 1.76. The summed E-state index contributed by atoms with van der Waals surface area (Å²) < 4.78 is 21.9. The number of nitro groups is 1. The molecular formula is C8H8ClNO4S. The van der Waals surface area contributed by atoms with E-state index in [4.69, 9.17) is 10.7 Å². The molecule has 1 aliphatic rings. The van der Waals surface area contributed by atoms with E-state index in [9.17, 15) is 18.5 Å². The van der Waals surface area contributed by atoms with Crippen LogP contribution in [0.2, 0.25) is 0 Å². The molecule has 1 aliphatic carbocycles. The van der Waals surface area contributed by atoms with Gasteiger partial charge in [-0.15, -0.1) is 0 Å². The molecule has 82 valence electrons. The normalized spacial score (nSPS) is 25.9. The highest BCUT2D eigenvalue weighted by Crippen LogP contribution is 2.22. The van der Waals surface area contributed by atoms with Crippen LogP contribution in [0.3, 0.4) is 0 Å². The van der Waals surface area contributed by atoms with Gasteiger partial charge in [-0.1, -0.05) is 6.08 Å². The van der Waals surface area contributed by atoms with E-state index in [0.29, 0.717) is 0 Å². The Morgan fingerprint density at radius 1 is 1.47 bits per heavy atom. The molecule has 0 spiro atoms. The first kappa shape index (κ1) is 11.9. The second kappa shape index (κ2) is 3.79. The average molecular weight is 250 g/mol. The highest BCUT2D eigenvalue weighted by atomic mass is 35.7. The largest absolute Gasteiger partial charge is 0.263 e. The van der Waals surface area contributed by atoms with E-state index >= 15 is 0 Å². The molecule has 0 aromatic carbocycles. The zero-order valence-corrected chi connectivity index (χ0v) is 9.33. The predicted molar refractivity (Wildman–Crippen MR) is 56.5 cm³/mol. The van der Waals surface area contributed by atoms with Crippen LogP contribution in [-0.4, -0.2) is 18.9 Å². The molecule has 0 amide bonds. The Morgan fingerprint density at radius 2 is 2.07 bits per heavy atom. The van der Waals surface area contributed by atoms with Gasteiger partial charge in [-0.25, -0.2) is 8.42 Å². The minimum atomic E-state index is -3.85. The number of hydrogen-bond acceptors (Lipinski definition) is 4. The van der Waals surface area contributed by atoms with E-state index in [1.165, 1.54) is 31.2 Å². The van der Waals surface area contributed by atoms with Crippen LogP contribution >= 0.6 is 10.7 Å². The van der Waals surface area contributed by atoms with E-state index < -0.39 is 19.5 Å². The van der Waals surface area contributed by atoms with Gasteiger partial charge < -0.3 is 0 Å². The van der Waals surface area contributed by atoms with Gasteiger partial charge in [0, 0.05) is 22.5 Å². The fourth-order valence-electron chi connectivity index (χ4n) is 0.984. The van der Waals surface area contributed by atoms with Crippen molar-refractivity contribution < 1.29 is 13.3 Å². The molecule has 0 N–H and O–H groups in total. The summed E-state index contributed by atoms with van der Waals surface area (Å²) in [6.07, 6.45) is 6.12. The molecule has 0 aliphatic heterocycles. The Morgan fingerprint density at radius 3 is 2.53 bits per heavy atom. The van der Waals surface area contributed by atoms with Crippen LogP contribution in [0, 0.1) is 10.1 Å². The summed E-state index contributed by atoms with van der Waals surface area (Å²) in [4.78, 5) is 10.0. The van der Waals surface area contributed by atoms with Crippen molar-refractivity contribution >= 4 is 19.7 Å². The zero-order chi connectivity index (χ0) is 11.7. The standard InChI is InChI=1S/C8H8ClNO4S/c1-8(10(11)12)5-2-3-7(4-6-8)15(9,13)14/h2-6H,1H3. The van der Waals surface area contributed by atoms with Gasteiger partial charge in [0.1, 0.15) is 0 Å². The number of rotatable bonds is 2.